The Labute approximate surface area is 140 Å². The molecule has 0 saturated heterocycles. The fourth-order valence-electron chi connectivity index (χ4n) is 2.69. The first-order valence-corrected chi connectivity index (χ1v) is 7.74. The normalized spacial score (nSPS) is 14.4. The summed E-state index contributed by atoms with van der Waals surface area (Å²) in [5.74, 6) is -1.74. The smallest absolute Gasteiger partial charge is 0.307 e. The molecule has 1 unspecified atom stereocenters. The van der Waals surface area contributed by atoms with Gasteiger partial charge in [0.05, 0.1) is 24.7 Å². The van der Waals surface area contributed by atoms with Gasteiger partial charge in [-0.25, -0.2) is 0 Å². The zero-order chi connectivity index (χ0) is 17.9. The number of carbonyl (C=O) groups excluding carboxylic acids is 4. The van der Waals surface area contributed by atoms with Crippen molar-refractivity contribution in [2.75, 3.05) is 20.2 Å². The van der Waals surface area contributed by atoms with E-state index in [9.17, 15) is 19.2 Å². The van der Waals surface area contributed by atoms with E-state index in [0.717, 1.165) is 4.90 Å². The first-order chi connectivity index (χ1) is 11.4. The van der Waals surface area contributed by atoms with Gasteiger partial charge < -0.3 is 9.64 Å². The Balaban J connectivity index is 2.14. The van der Waals surface area contributed by atoms with Crippen LogP contribution in [0, 0.1) is 0 Å². The molecule has 0 aliphatic carbocycles. The Hall–Kier alpha value is -2.70. The number of esters is 1. The van der Waals surface area contributed by atoms with Gasteiger partial charge in [0, 0.05) is 13.1 Å². The fourth-order valence-corrected chi connectivity index (χ4v) is 2.69. The molecule has 3 amide bonds. The lowest BCUT2D eigenvalue weighted by Crippen LogP contribution is -2.49. The standard InChI is InChI=1S/C17H20N2O5/c1-4-18(10-9-14(20)24-3)15(21)11(2)19-16(22)12-7-5-6-8-13(12)17(19)23/h5-8,11H,4,9-10H2,1-3H3. The number of carbonyl (C=O) groups is 4. The van der Waals surface area contributed by atoms with Crippen molar-refractivity contribution < 1.29 is 23.9 Å². The Kier molecular flexibility index (Phi) is 5.33. The van der Waals surface area contributed by atoms with Gasteiger partial charge in [-0.3, -0.25) is 24.1 Å². The number of hydrogen-bond acceptors (Lipinski definition) is 5. The van der Waals surface area contributed by atoms with Crippen molar-refractivity contribution in [2.24, 2.45) is 0 Å². The van der Waals surface area contributed by atoms with Crippen LogP contribution in [0.1, 0.15) is 41.0 Å². The van der Waals surface area contributed by atoms with Crippen LogP contribution in [-0.2, 0) is 14.3 Å². The molecule has 2 rings (SSSR count). The van der Waals surface area contributed by atoms with Crippen LogP contribution in [0.25, 0.3) is 0 Å². The Morgan fingerprint density at radius 3 is 2.17 bits per heavy atom. The highest BCUT2D eigenvalue weighted by molar-refractivity contribution is 6.22. The van der Waals surface area contributed by atoms with E-state index in [-0.39, 0.29) is 18.9 Å². The number of methoxy groups -OCH3 is 1. The van der Waals surface area contributed by atoms with E-state index in [1.807, 2.05) is 0 Å². The zero-order valence-electron chi connectivity index (χ0n) is 13.9. The lowest BCUT2D eigenvalue weighted by atomic mass is 10.1. The number of nitrogens with zero attached hydrogens (tertiary/aromatic N) is 2. The van der Waals surface area contributed by atoms with Crippen LogP contribution in [0.5, 0.6) is 0 Å². The van der Waals surface area contributed by atoms with E-state index >= 15 is 0 Å². The largest absolute Gasteiger partial charge is 0.469 e. The summed E-state index contributed by atoms with van der Waals surface area (Å²) >= 11 is 0. The lowest BCUT2D eigenvalue weighted by molar-refractivity contribution is -0.142. The minimum absolute atomic E-state index is 0.0604. The summed E-state index contributed by atoms with van der Waals surface area (Å²) in [6.07, 6.45) is 0.0604. The molecule has 1 aromatic carbocycles. The van der Waals surface area contributed by atoms with E-state index in [2.05, 4.69) is 4.74 Å². The number of likely N-dealkylation sites (N-methyl/N-ethyl adjacent to an activating group) is 1. The predicted octanol–water partition coefficient (Wildman–Crippen LogP) is 1.08. The molecular formula is C17H20N2O5. The van der Waals surface area contributed by atoms with Crippen LogP contribution < -0.4 is 0 Å². The average Bonchev–Trinajstić information content (AvgIpc) is 2.85. The SMILES string of the molecule is CCN(CCC(=O)OC)C(=O)C(C)N1C(=O)c2ccccc2C1=O. The van der Waals surface area contributed by atoms with E-state index in [1.165, 1.54) is 18.9 Å². The van der Waals surface area contributed by atoms with Crippen molar-refractivity contribution in [1.29, 1.82) is 0 Å². The summed E-state index contributed by atoms with van der Waals surface area (Å²) in [5.41, 5.74) is 0.611. The van der Waals surface area contributed by atoms with Crippen molar-refractivity contribution in [3.05, 3.63) is 35.4 Å². The first-order valence-electron chi connectivity index (χ1n) is 7.74. The van der Waals surface area contributed by atoms with E-state index < -0.39 is 23.8 Å². The number of rotatable bonds is 6. The highest BCUT2D eigenvalue weighted by Crippen LogP contribution is 2.25. The van der Waals surface area contributed by atoms with Gasteiger partial charge in [-0.2, -0.15) is 0 Å². The molecule has 1 aliphatic rings. The number of amides is 3. The summed E-state index contributed by atoms with van der Waals surface area (Å²) in [7, 11) is 1.28. The van der Waals surface area contributed by atoms with Crippen molar-refractivity contribution in [2.45, 2.75) is 26.3 Å². The summed E-state index contributed by atoms with van der Waals surface area (Å²) < 4.78 is 4.57. The van der Waals surface area contributed by atoms with Gasteiger partial charge in [-0.15, -0.1) is 0 Å². The molecule has 0 N–H and O–H groups in total. The Morgan fingerprint density at radius 2 is 1.71 bits per heavy atom. The van der Waals surface area contributed by atoms with Gasteiger partial charge in [0.1, 0.15) is 6.04 Å². The molecular weight excluding hydrogens is 312 g/mol. The third-order valence-corrected chi connectivity index (χ3v) is 4.08. The number of hydrogen-bond donors (Lipinski definition) is 0. The van der Waals surface area contributed by atoms with E-state index in [1.54, 1.807) is 31.2 Å². The second-order valence-electron chi connectivity index (χ2n) is 5.45. The maximum Gasteiger partial charge on any atom is 0.307 e. The molecule has 0 radical (unpaired) electrons. The summed E-state index contributed by atoms with van der Waals surface area (Å²) in [4.78, 5) is 51.2. The minimum atomic E-state index is -0.935. The third-order valence-electron chi connectivity index (χ3n) is 4.08. The van der Waals surface area contributed by atoms with Crippen molar-refractivity contribution in [1.82, 2.24) is 9.80 Å². The van der Waals surface area contributed by atoms with Crippen LogP contribution >= 0.6 is 0 Å². The molecule has 0 spiro atoms. The van der Waals surface area contributed by atoms with Gasteiger partial charge in [0.15, 0.2) is 0 Å². The summed E-state index contributed by atoms with van der Waals surface area (Å²) in [6.45, 7) is 3.83. The fraction of sp³-hybridized carbons (Fsp3) is 0.412. The second kappa shape index (κ2) is 7.25. The van der Waals surface area contributed by atoms with Crippen molar-refractivity contribution >= 4 is 23.7 Å². The molecule has 1 aromatic rings. The van der Waals surface area contributed by atoms with Crippen LogP contribution in [0.2, 0.25) is 0 Å². The average molecular weight is 332 g/mol. The van der Waals surface area contributed by atoms with Crippen LogP contribution in [0.4, 0.5) is 0 Å². The summed E-state index contributed by atoms with van der Waals surface area (Å²) in [6, 6.07) is 5.56. The quantitative estimate of drug-likeness (QED) is 0.575. The van der Waals surface area contributed by atoms with E-state index in [0.29, 0.717) is 17.7 Å². The predicted molar refractivity (Wildman–Crippen MR) is 85.3 cm³/mol. The number of fused-ring (bicyclic) bond motifs is 1. The van der Waals surface area contributed by atoms with Crippen molar-refractivity contribution in [3.63, 3.8) is 0 Å². The number of benzene rings is 1. The van der Waals surface area contributed by atoms with Gasteiger partial charge >= 0.3 is 5.97 Å². The highest BCUT2D eigenvalue weighted by atomic mass is 16.5. The molecule has 0 aromatic heterocycles. The molecule has 1 heterocycles. The molecule has 128 valence electrons. The third kappa shape index (κ3) is 3.15. The topological polar surface area (TPSA) is 84.0 Å². The molecule has 1 aliphatic heterocycles. The van der Waals surface area contributed by atoms with Gasteiger partial charge in [-0.05, 0) is 26.0 Å². The van der Waals surface area contributed by atoms with Gasteiger partial charge in [0.2, 0.25) is 5.91 Å². The van der Waals surface area contributed by atoms with Crippen LogP contribution in [0.3, 0.4) is 0 Å². The molecule has 1 atom stereocenters. The lowest BCUT2D eigenvalue weighted by Gasteiger charge is -2.28. The number of imide groups is 1. The minimum Gasteiger partial charge on any atom is -0.469 e. The molecule has 24 heavy (non-hydrogen) atoms. The second-order valence-corrected chi connectivity index (χ2v) is 5.45. The molecule has 0 bridgehead atoms. The van der Waals surface area contributed by atoms with Gasteiger partial charge in [-0.1, -0.05) is 12.1 Å². The molecule has 7 nitrogen and oxygen atoms in total. The molecule has 7 heteroatoms. The maximum atomic E-state index is 12.6. The first kappa shape index (κ1) is 17.7. The molecule has 0 fully saturated rings. The van der Waals surface area contributed by atoms with Crippen LogP contribution in [0.15, 0.2) is 24.3 Å². The monoisotopic (exact) mass is 332 g/mol. The van der Waals surface area contributed by atoms with Gasteiger partial charge in [0.25, 0.3) is 11.8 Å². The Morgan fingerprint density at radius 1 is 1.17 bits per heavy atom. The maximum absolute atomic E-state index is 12.6. The molecule has 0 saturated carbocycles. The van der Waals surface area contributed by atoms with Crippen molar-refractivity contribution in [3.8, 4) is 0 Å². The van der Waals surface area contributed by atoms with E-state index in [4.69, 9.17) is 0 Å². The zero-order valence-corrected chi connectivity index (χ0v) is 13.9. The van der Waals surface area contributed by atoms with Crippen LogP contribution in [-0.4, -0.2) is 59.7 Å². The number of ether oxygens (including phenoxy) is 1. The highest BCUT2D eigenvalue weighted by Gasteiger charge is 2.41. The Bertz CT molecular complexity index is 650. The summed E-state index contributed by atoms with van der Waals surface area (Å²) in [5, 5.41) is 0.